The van der Waals surface area contributed by atoms with Gasteiger partial charge in [0.05, 0.1) is 10.9 Å². The average molecular weight is 248 g/mol. The first kappa shape index (κ1) is 13.0. The summed E-state index contributed by atoms with van der Waals surface area (Å²) in [6.45, 7) is 6.63. The Morgan fingerprint density at radius 1 is 1.47 bits per heavy atom. The predicted molar refractivity (Wildman–Crippen MR) is 67.0 cm³/mol. The van der Waals surface area contributed by atoms with Crippen LogP contribution in [0.15, 0.2) is 12.1 Å². The van der Waals surface area contributed by atoms with Crippen molar-refractivity contribution in [2.24, 2.45) is 0 Å². The number of thiophene rings is 1. The predicted octanol–water partition coefficient (Wildman–Crippen LogP) is 2.96. The molecule has 0 fully saturated rings. The Labute approximate surface area is 101 Å². The van der Waals surface area contributed by atoms with E-state index in [0.29, 0.717) is 6.04 Å². The third-order valence-electron chi connectivity index (χ3n) is 2.09. The molecule has 1 heterocycles. The first-order chi connectivity index (χ1) is 7.26. The van der Waals surface area contributed by atoms with E-state index in [0.717, 1.165) is 30.5 Å². The highest BCUT2D eigenvalue weighted by molar-refractivity contribution is 7.16. The molecule has 4 heteroatoms. The summed E-state index contributed by atoms with van der Waals surface area (Å²) in [7, 11) is 0. The number of ether oxygens (including phenoxy) is 1. The van der Waals surface area contributed by atoms with E-state index in [2.05, 4.69) is 18.3 Å². The molecule has 0 saturated heterocycles. The first-order valence-electron chi connectivity index (χ1n) is 5.31. The van der Waals surface area contributed by atoms with Gasteiger partial charge in [-0.25, -0.2) is 0 Å². The molecule has 0 aliphatic heterocycles. The summed E-state index contributed by atoms with van der Waals surface area (Å²) in [4.78, 5) is 1.31. The van der Waals surface area contributed by atoms with Crippen molar-refractivity contribution in [2.45, 2.75) is 26.3 Å². The van der Waals surface area contributed by atoms with E-state index in [1.165, 1.54) is 4.88 Å². The normalized spacial score (nSPS) is 13.0. The van der Waals surface area contributed by atoms with Crippen molar-refractivity contribution in [2.75, 3.05) is 19.8 Å². The molecule has 1 N–H and O–H groups in total. The maximum atomic E-state index is 5.89. The zero-order valence-electron chi connectivity index (χ0n) is 9.25. The second-order valence-corrected chi connectivity index (χ2v) is 5.12. The first-order valence-corrected chi connectivity index (χ1v) is 6.51. The van der Waals surface area contributed by atoms with Gasteiger partial charge in [-0.3, -0.25) is 0 Å². The van der Waals surface area contributed by atoms with E-state index in [-0.39, 0.29) is 0 Å². The standard InChI is InChI=1S/C11H18ClNOS/c1-3-13-9(8-14-4-2)7-10-5-6-11(12)15-10/h5-6,9,13H,3-4,7-8H2,1-2H3. The van der Waals surface area contributed by atoms with Crippen molar-refractivity contribution in [3.05, 3.63) is 21.3 Å². The Bertz CT molecular complexity index is 277. The molecular weight excluding hydrogens is 230 g/mol. The minimum atomic E-state index is 0.393. The van der Waals surface area contributed by atoms with E-state index in [1.807, 2.05) is 13.0 Å². The van der Waals surface area contributed by atoms with Gasteiger partial charge < -0.3 is 10.1 Å². The van der Waals surface area contributed by atoms with Crippen molar-refractivity contribution < 1.29 is 4.74 Å². The van der Waals surface area contributed by atoms with Crippen LogP contribution in [0.3, 0.4) is 0 Å². The lowest BCUT2D eigenvalue weighted by Gasteiger charge is -2.16. The summed E-state index contributed by atoms with van der Waals surface area (Å²) < 4.78 is 6.29. The van der Waals surface area contributed by atoms with Gasteiger partial charge in [0.1, 0.15) is 0 Å². The summed E-state index contributed by atoms with van der Waals surface area (Å²) in [5.41, 5.74) is 0. The van der Waals surface area contributed by atoms with Crippen molar-refractivity contribution in [1.29, 1.82) is 0 Å². The van der Waals surface area contributed by atoms with Crippen LogP contribution in [0.5, 0.6) is 0 Å². The van der Waals surface area contributed by atoms with Crippen LogP contribution in [0.1, 0.15) is 18.7 Å². The minimum absolute atomic E-state index is 0.393. The molecule has 86 valence electrons. The second-order valence-electron chi connectivity index (χ2n) is 3.32. The van der Waals surface area contributed by atoms with Crippen LogP contribution in [-0.2, 0) is 11.2 Å². The highest BCUT2D eigenvalue weighted by Crippen LogP contribution is 2.22. The van der Waals surface area contributed by atoms with E-state index < -0.39 is 0 Å². The van der Waals surface area contributed by atoms with Crippen LogP contribution in [0.4, 0.5) is 0 Å². The van der Waals surface area contributed by atoms with Crippen LogP contribution < -0.4 is 5.32 Å². The minimum Gasteiger partial charge on any atom is -0.380 e. The lowest BCUT2D eigenvalue weighted by Crippen LogP contribution is -2.35. The number of hydrogen-bond donors (Lipinski definition) is 1. The Balaban J connectivity index is 2.42. The highest BCUT2D eigenvalue weighted by atomic mass is 35.5. The van der Waals surface area contributed by atoms with Crippen molar-refractivity contribution in [3.8, 4) is 0 Å². The topological polar surface area (TPSA) is 21.3 Å². The van der Waals surface area contributed by atoms with Crippen LogP contribution in [0.25, 0.3) is 0 Å². The monoisotopic (exact) mass is 247 g/mol. The Kier molecular flexibility index (Phi) is 6.25. The molecule has 0 radical (unpaired) electrons. The molecule has 0 aromatic carbocycles. The highest BCUT2D eigenvalue weighted by Gasteiger charge is 2.09. The summed E-state index contributed by atoms with van der Waals surface area (Å²) in [6.07, 6.45) is 0.991. The fourth-order valence-corrected chi connectivity index (χ4v) is 2.61. The fourth-order valence-electron chi connectivity index (χ4n) is 1.44. The van der Waals surface area contributed by atoms with Gasteiger partial charge >= 0.3 is 0 Å². The molecule has 1 rings (SSSR count). The molecule has 0 saturated carbocycles. The molecule has 1 aromatic heterocycles. The lowest BCUT2D eigenvalue weighted by molar-refractivity contribution is 0.123. The van der Waals surface area contributed by atoms with Gasteiger partial charge in [0.25, 0.3) is 0 Å². The summed E-state index contributed by atoms with van der Waals surface area (Å²) >= 11 is 7.54. The summed E-state index contributed by atoms with van der Waals surface area (Å²) in [5, 5.41) is 3.41. The van der Waals surface area contributed by atoms with Crippen LogP contribution in [0, 0.1) is 0 Å². The van der Waals surface area contributed by atoms with Gasteiger partial charge in [0.15, 0.2) is 0 Å². The average Bonchev–Trinajstić information content (AvgIpc) is 2.61. The van der Waals surface area contributed by atoms with Crippen LogP contribution in [0.2, 0.25) is 4.34 Å². The number of nitrogens with one attached hydrogen (secondary N) is 1. The molecule has 0 bridgehead atoms. The van der Waals surface area contributed by atoms with Crippen molar-refractivity contribution in [1.82, 2.24) is 5.32 Å². The van der Waals surface area contributed by atoms with E-state index in [1.54, 1.807) is 11.3 Å². The third-order valence-corrected chi connectivity index (χ3v) is 3.35. The molecule has 15 heavy (non-hydrogen) atoms. The van der Waals surface area contributed by atoms with Gasteiger partial charge in [0, 0.05) is 17.5 Å². The molecule has 2 nitrogen and oxygen atoms in total. The maximum absolute atomic E-state index is 5.89. The largest absolute Gasteiger partial charge is 0.380 e. The molecule has 0 amide bonds. The summed E-state index contributed by atoms with van der Waals surface area (Å²) in [5.74, 6) is 0. The Morgan fingerprint density at radius 2 is 2.27 bits per heavy atom. The molecule has 1 unspecified atom stereocenters. The number of rotatable bonds is 7. The third kappa shape index (κ3) is 4.98. The molecule has 1 aromatic rings. The molecule has 1 atom stereocenters. The van der Waals surface area contributed by atoms with Crippen LogP contribution in [-0.4, -0.2) is 25.8 Å². The van der Waals surface area contributed by atoms with Crippen molar-refractivity contribution in [3.63, 3.8) is 0 Å². The van der Waals surface area contributed by atoms with Gasteiger partial charge in [-0.1, -0.05) is 18.5 Å². The van der Waals surface area contributed by atoms with Gasteiger partial charge in [-0.15, -0.1) is 11.3 Å². The number of halogens is 1. The smallest absolute Gasteiger partial charge is 0.0931 e. The Hall–Kier alpha value is -0.0900. The fraction of sp³-hybridized carbons (Fsp3) is 0.636. The zero-order valence-corrected chi connectivity index (χ0v) is 10.8. The van der Waals surface area contributed by atoms with Gasteiger partial charge in [-0.2, -0.15) is 0 Å². The Morgan fingerprint density at radius 3 is 2.80 bits per heavy atom. The molecule has 0 spiro atoms. The lowest BCUT2D eigenvalue weighted by atomic mass is 10.2. The van der Waals surface area contributed by atoms with E-state index in [4.69, 9.17) is 16.3 Å². The second kappa shape index (κ2) is 7.23. The van der Waals surface area contributed by atoms with Gasteiger partial charge in [0.2, 0.25) is 0 Å². The van der Waals surface area contributed by atoms with Crippen molar-refractivity contribution >= 4 is 22.9 Å². The van der Waals surface area contributed by atoms with E-state index in [9.17, 15) is 0 Å². The summed E-state index contributed by atoms with van der Waals surface area (Å²) in [6, 6.07) is 4.43. The SMILES string of the molecule is CCNC(COCC)Cc1ccc(Cl)s1. The van der Waals surface area contributed by atoms with E-state index >= 15 is 0 Å². The zero-order chi connectivity index (χ0) is 11.1. The van der Waals surface area contributed by atoms with Gasteiger partial charge in [-0.05, 0) is 32.0 Å². The molecule has 0 aliphatic carbocycles. The number of likely N-dealkylation sites (N-methyl/N-ethyl adjacent to an activating group) is 1. The number of hydrogen-bond acceptors (Lipinski definition) is 3. The van der Waals surface area contributed by atoms with Crippen LogP contribution >= 0.6 is 22.9 Å². The molecule has 0 aliphatic rings. The maximum Gasteiger partial charge on any atom is 0.0931 e. The molecular formula is C11H18ClNOS. The quantitative estimate of drug-likeness (QED) is 0.800.